The van der Waals surface area contributed by atoms with Gasteiger partial charge in [-0.15, -0.1) is 0 Å². The molecule has 1 aromatic rings. The number of hydrogen-bond acceptors (Lipinski definition) is 2. The van der Waals surface area contributed by atoms with E-state index in [2.05, 4.69) is 23.5 Å². The maximum atomic E-state index is 8.35. The molecular formula is C10H12N2. The highest BCUT2D eigenvalue weighted by molar-refractivity contribution is 5.18. The molecule has 0 bridgehead atoms. The molecule has 1 rings (SSSR count). The zero-order valence-corrected chi connectivity index (χ0v) is 7.12. The Morgan fingerprint density at radius 1 is 1.42 bits per heavy atom. The first-order chi connectivity index (χ1) is 5.84. The van der Waals surface area contributed by atoms with E-state index in [-0.39, 0.29) is 6.04 Å². The van der Waals surface area contributed by atoms with Gasteiger partial charge in [-0.05, 0) is 12.5 Å². The fourth-order valence-electron chi connectivity index (χ4n) is 1.06. The lowest BCUT2D eigenvalue weighted by Gasteiger charge is -2.10. The maximum absolute atomic E-state index is 8.35. The van der Waals surface area contributed by atoms with Crippen LogP contribution in [0.2, 0.25) is 0 Å². The third-order valence-electron chi connectivity index (χ3n) is 1.79. The molecule has 0 spiro atoms. The summed E-state index contributed by atoms with van der Waals surface area (Å²) >= 11 is 0. The van der Waals surface area contributed by atoms with Crippen LogP contribution in [0.15, 0.2) is 30.3 Å². The van der Waals surface area contributed by atoms with Crippen LogP contribution >= 0.6 is 0 Å². The number of nitriles is 1. The molecule has 12 heavy (non-hydrogen) atoms. The number of rotatable bonds is 3. The fraction of sp³-hybridized carbons (Fsp3) is 0.300. The molecule has 0 saturated carbocycles. The lowest BCUT2D eigenvalue weighted by molar-refractivity contribution is 0.621. The van der Waals surface area contributed by atoms with Gasteiger partial charge in [0.25, 0.3) is 0 Å². The van der Waals surface area contributed by atoms with Crippen molar-refractivity contribution in [3.8, 4) is 6.07 Å². The lowest BCUT2D eigenvalue weighted by Crippen LogP contribution is -2.18. The van der Waals surface area contributed by atoms with E-state index in [0.717, 1.165) is 0 Å². The topological polar surface area (TPSA) is 35.8 Å². The molecule has 2 nitrogen and oxygen atoms in total. The van der Waals surface area contributed by atoms with E-state index < -0.39 is 0 Å². The van der Waals surface area contributed by atoms with Crippen molar-refractivity contribution in [3.63, 3.8) is 0 Å². The lowest BCUT2D eigenvalue weighted by atomic mass is 10.1. The second-order valence-corrected chi connectivity index (χ2v) is 2.67. The van der Waals surface area contributed by atoms with E-state index in [1.54, 1.807) is 0 Å². The number of nitrogens with one attached hydrogen (secondary N) is 1. The van der Waals surface area contributed by atoms with Crippen LogP contribution in [0.25, 0.3) is 0 Å². The molecule has 0 aliphatic heterocycles. The van der Waals surface area contributed by atoms with Gasteiger partial charge in [0, 0.05) is 6.04 Å². The molecule has 1 N–H and O–H groups in total. The first kappa shape index (κ1) is 8.76. The van der Waals surface area contributed by atoms with E-state index in [1.165, 1.54) is 5.56 Å². The third-order valence-corrected chi connectivity index (χ3v) is 1.79. The second kappa shape index (κ2) is 4.53. The van der Waals surface area contributed by atoms with Crippen molar-refractivity contribution >= 4 is 0 Å². The summed E-state index contributed by atoms with van der Waals surface area (Å²) in [5, 5.41) is 11.4. The Hall–Kier alpha value is -1.33. The van der Waals surface area contributed by atoms with Gasteiger partial charge in [0.1, 0.15) is 0 Å². The SMILES string of the molecule is C[C@H](NCC#N)c1ccccc1. The minimum absolute atomic E-state index is 0.255. The molecule has 0 unspecified atom stereocenters. The Labute approximate surface area is 72.8 Å². The summed E-state index contributed by atoms with van der Waals surface area (Å²) < 4.78 is 0. The number of hydrogen-bond donors (Lipinski definition) is 1. The maximum Gasteiger partial charge on any atom is 0.0845 e. The molecule has 62 valence electrons. The third kappa shape index (κ3) is 2.37. The molecule has 0 heterocycles. The van der Waals surface area contributed by atoms with E-state index >= 15 is 0 Å². The highest BCUT2D eigenvalue weighted by Gasteiger charge is 2.01. The number of nitrogens with zero attached hydrogens (tertiary/aromatic N) is 1. The summed E-state index contributed by atoms with van der Waals surface area (Å²) in [7, 11) is 0. The average Bonchev–Trinajstić information content (AvgIpc) is 2.15. The normalized spacial score (nSPS) is 12.0. The van der Waals surface area contributed by atoms with Crippen LogP contribution in [-0.2, 0) is 0 Å². The average molecular weight is 160 g/mol. The van der Waals surface area contributed by atoms with Gasteiger partial charge in [-0.1, -0.05) is 30.3 Å². The molecule has 0 aliphatic carbocycles. The molecule has 0 aromatic heterocycles. The predicted molar refractivity (Wildman–Crippen MR) is 48.5 cm³/mol. The van der Waals surface area contributed by atoms with Gasteiger partial charge in [-0.25, -0.2) is 0 Å². The van der Waals surface area contributed by atoms with Crippen molar-refractivity contribution in [2.45, 2.75) is 13.0 Å². The van der Waals surface area contributed by atoms with Crippen molar-refractivity contribution in [3.05, 3.63) is 35.9 Å². The standard InChI is InChI=1S/C10H12N2/c1-9(12-8-7-11)10-5-3-2-4-6-10/h2-6,9,12H,8H2,1H3/t9-/m0/s1. The molecule has 0 radical (unpaired) electrons. The summed E-state index contributed by atoms with van der Waals surface area (Å²) in [5.74, 6) is 0. The van der Waals surface area contributed by atoms with Gasteiger partial charge in [0.05, 0.1) is 12.6 Å². The smallest absolute Gasteiger partial charge is 0.0845 e. The summed E-state index contributed by atoms with van der Waals surface area (Å²) in [4.78, 5) is 0. The van der Waals surface area contributed by atoms with E-state index in [0.29, 0.717) is 6.54 Å². The van der Waals surface area contributed by atoms with Crippen molar-refractivity contribution in [2.24, 2.45) is 0 Å². The zero-order valence-electron chi connectivity index (χ0n) is 7.12. The van der Waals surface area contributed by atoms with Gasteiger partial charge in [0.2, 0.25) is 0 Å². The molecular weight excluding hydrogens is 148 g/mol. The van der Waals surface area contributed by atoms with Gasteiger partial charge < -0.3 is 0 Å². The van der Waals surface area contributed by atoms with Crippen LogP contribution in [0.4, 0.5) is 0 Å². The van der Waals surface area contributed by atoms with Crippen molar-refractivity contribution < 1.29 is 0 Å². The molecule has 0 aliphatic rings. The minimum atomic E-state index is 0.255. The Morgan fingerprint density at radius 3 is 2.67 bits per heavy atom. The van der Waals surface area contributed by atoms with Gasteiger partial charge in [-0.2, -0.15) is 5.26 Å². The molecule has 1 aromatic carbocycles. The summed E-state index contributed by atoms with van der Waals surface area (Å²) in [6.07, 6.45) is 0. The molecule has 2 heteroatoms. The van der Waals surface area contributed by atoms with Gasteiger partial charge in [0.15, 0.2) is 0 Å². The highest BCUT2D eigenvalue weighted by atomic mass is 14.9. The molecule has 0 saturated heterocycles. The highest BCUT2D eigenvalue weighted by Crippen LogP contribution is 2.09. The van der Waals surface area contributed by atoms with Crippen LogP contribution < -0.4 is 5.32 Å². The Balaban J connectivity index is 2.55. The molecule has 0 fully saturated rings. The molecule has 0 amide bonds. The largest absolute Gasteiger partial charge is 0.298 e. The van der Waals surface area contributed by atoms with Crippen LogP contribution in [0, 0.1) is 11.3 Å². The minimum Gasteiger partial charge on any atom is -0.298 e. The van der Waals surface area contributed by atoms with Crippen LogP contribution in [-0.4, -0.2) is 6.54 Å². The first-order valence-corrected chi connectivity index (χ1v) is 4.00. The predicted octanol–water partition coefficient (Wildman–Crippen LogP) is 1.86. The molecule has 1 atom stereocenters. The van der Waals surface area contributed by atoms with Crippen molar-refractivity contribution in [1.29, 1.82) is 5.26 Å². The van der Waals surface area contributed by atoms with E-state index in [9.17, 15) is 0 Å². The van der Waals surface area contributed by atoms with Crippen LogP contribution in [0.5, 0.6) is 0 Å². The van der Waals surface area contributed by atoms with E-state index in [1.807, 2.05) is 25.1 Å². The van der Waals surface area contributed by atoms with Crippen LogP contribution in [0.1, 0.15) is 18.5 Å². The van der Waals surface area contributed by atoms with E-state index in [4.69, 9.17) is 5.26 Å². The number of benzene rings is 1. The summed E-state index contributed by atoms with van der Waals surface area (Å²) in [5.41, 5.74) is 1.22. The van der Waals surface area contributed by atoms with Gasteiger partial charge >= 0.3 is 0 Å². The monoisotopic (exact) mass is 160 g/mol. The summed E-state index contributed by atoms with van der Waals surface area (Å²) in [6, 6.07) is 12.4. The zero-order chi connectivity index (χ0) is 8.81. The second-order valence-electron chi connectivity index (χ2n) is 2.67. The fourth-order valence-corrected chi connectivity index (χ4v) is 1.06. The van der Waals surface area contributed by atoms with Gasteiger partial charge in [-0.3, -0.25) is 5.32 Å². The Kier molecular flexibility index (Phi) is 3.31. The van der Waals surface area contributed by atoms with Crippen molar-refractivity contribution in [2.75, 3.05) is 6.54 Å². The summed E-state index contributed by atoms with van der Waals surface area (Å²) in [6.45, 7) is 2.45. The van der Waals surface area contributed by atoms with Crippen LogP contribution in [0.3, 0.4) is 0 Å². The first-order valence-electron chi connectivity index (χ1n) is 4.00. The Morgan fingerprint density at radius 2 is 2.08 bits per heavy atom. The van der Waals surface area contributed by atoms with Crippen molar-refractivity contribution in [1.82, 2.24) is 5.32 Å². The Bertz CT molecular complexity index is 261. The quantitative estimate of drug-likeness (QED) is 0.685.